The Hall–Kier alpha value is -0.160. The average molecular weight is 199 g/mol. The van der Waals surface area contributed by atoms with Gasteiger partial charge in [0.15, 0.2) is 5.79 Å². The van der Waals surface area contributed by atoms with Crippen LogP contribution in [0, 0.1) is 0 Å². The van der Waals surface area contributed by atoms with Crippen LogP contribution in [-0.4, -0.2) is 34.9 Å². The number of aliphatic hydroxyl groups is 1. The molecule has 0 spiro atoms. The van der Waals surface area contributed by atoms with Crippen molar-refractivity contribution in [3.63, 3.8) is 0 Å². The molecule has 0 aliphatic carbocycles. The molecule has 3 aliphatic rings. The molecule has 2 bridgehead atoms. The van der Waals surface area contributed by atoms with Gasteiger partial charge in [-0.05, 0) is 33.1 Å². The fourth-order valence-corrected chi connectivity index (χ4v) is 2.98. The van der Waals surface area contributed by atoms with Gasteiger partial charge in [0.2, 0.25) is 0 Å². The number of piperidine rings is 1. The van der Waals surface area contributed by atoms with Crippen molar-refractivity contribution in [1.82, 2.24) is 5.32 Å². The van der Waals surface area contributed by atoms with Gasteiger partial charge < -0.3 is 14.6 Å². The van der Waals surface area contributed by atoms with Gasteiger partial charge in [-0.15, -0.1) is 0 Å². The van der Waals surface area contributed by atoms with Crippen LogP contribution in [-0.2, 0) is 9.47 Å². The lowest BCUT2D eigenvalue weighted by Crippen LogP contribution is -2.53. The van der Waals surface area contributed by atoms with Gasteiger partial charge in [0, 0.05) is 6.04 Å². The highest BCUT2D eigenvalue weighted by Gasteiger charge is 2.61. The van der Waals surface area contributed by atoms with Crippen LogP contribution in [0.2, 0.25) is 0 Å². The molecule has 0 aromatic heterocycles. The smallest absolute Gasteiger partial charge is 0.164 e. The first-order valence-electron chi connectivity index (χ1n) is 5.36. The highest BCUT2D eigenvalue weighted by molar-refractivity contribution is 5.10. The Morgan fingerprint density at radius 1 is 1.36 bits per heavy atom. The van der Waals surface area contributed by atoms with E-state index in [4.69, 9.17) is 9.47 Å². The molecule has 4 unspecified atom stereocenters. The van der Waals surface area contributed by atoms with Crippen LogP contribution in [0.15, 0.2) is 0 Å². The summed E-state index contributed by atoms with van der Waals surface area (Å²) in [6.07, 6.45) is 2.73. The first-order chi connectivity index (χ1) is 6.50. The minimum atomic E-state index is -0.846. The summed E-state index contributed by atoms with van der Waals surface area (Å²) in [5.74, 6) is -0.541. The second kappa shape index (κ2) is 2.50. The molecule has 3 rings (SSSR count). The number of rotatable bonds is 0. The number of nitrogens with one attached hydrogen (secondary N) is 1. The Balaban J connectivity index is 1.92. The molecule has 3 heterocycles. The Bertz CT molecular complexity index is 268. The highest BCUT2D eigenvalue weighted by Crippen LogP contribution is 2.44. The zero-order chi connectivity index (χ0) is 9.97. The zero-order valence-electron chi connectivity index (χ0n) is 8.62. The molecule has 0 amide bonds. The van der Waals surface area contributed by atoms with Gasteiger partial charge in [0.05, 0.1) is 0 Å². The Morgan fingerprint density at radius 2 is 2.14 bits per heavy atom. The van der Waals surface area contributed by atoms with Gasteiger partial charge >= 0.3 is 0 Å². The van der Waals surface area contributed by atoms with E-state index in [2.05, 4.69) is 5.32 Å². The van der Waals surface area contributed by atoms with Gasteiger partial charge in [-0.2, -0.15) is 0 Å². The SMILES string of the molecule is CC1(C)OC2C3CCCC(O)(N3)C2O1. The largest absolute Gasteiger partial charge is 0.373 e. The summed E-state index contributed by atoms with van der Waals surface area (Å²) in [4.78, 5) is 0. The number of ether oxygens (including phenoxy) is 2. The van der Waals surface area contributed by atoms with Crippen LogP contribution >= 0.6 is 0 Å². The van der Waals surface area contributed by atoms with Crippen LogP contribution in [0.4, 0.5) is 0 Å². The van der Waals surface area contributed by atoms with E-state index in [0.717, 1.165) is 19.3 Å². The lowest BCUT2D eigenvalue weighted by Gasteiger charge is -2.34. The van der Waals surface area contributed by atoms with Crippen LogP contribution in [0.1, 0.15) is 33.1 Å². The van der Waals surface area contributed by atoms with E-state index < -0.39 is 11.5 Å². The van der Waals surface area contributed by atoms with E-state index in [0.29, 0.717) is 0 Å². The van der Waals surface area contributed by atoms with Crippen molar-refractivity contribution in [1.29, 1.82) is 0 Å². The van der Waals surface area contributed by atoms with Crippen molar-refractivity contribution >= 4 is 0 Å². The normalized spacial score (nSPS) is 54.6. The van der Waals surface area contributed by atoms with Crippen LogP contribution in [0.25, 0.3) is 0 Å². The second-order valence-corrected chi connectivity index (χ2v) is 5.09. The monoisotopic (exact) mass is 199 g/mol. The molecule has 4 atom stereocenters. The molecule has 0 aromatic rings. The maximum Gasteiger partial charge on any atom is 0.164 e. The van der Waals surface area contributed by atoms with E-state index in [9.17, 15) is 5.11 Å². The van der Waals surface area contributed by atoms with Crippen molar-refractivity contribution in [3.8, 4) is 0 Å². The lowest BCUT2D eigenvalue weighted by molar-refractivity contribution is -0.191. The molecule has 3 saturated heterocycles. The van der Waals surface area contributed by atoms with E-state index in [-0.39, 0.29) is 18.2 Å². The maximum atomic E-state index is 10.3. The van der Waals surface area contributed by atoms with Crippen molar-refractivity contribution in [3.05, 3.63) is 0 Å². The molecule has 3 fully saturated rings. The van der Waals surface area contributed by atoms with E-state index in [1.165, 1.54) is 0 Å². The molecule has 4 heteroatoms. The first kappa shape index (κ1) is 9.09. The van der Waals surface area contributed by atoms with Gasteiger partial charge in [0.1, 0.15) is 17.9 Å². The molecule has 0 saturated carbocycles. The minimum Gasteiger partial charge on any atom is -0.373 e. The van der Waals surface area contributed by atoms with Gasteiger partial charge in [-0.1, -0.05) is 0 Å². The van der Waals surface area contributed by atoms with E-state index in [1.54, 1.807) is 0 Å². The first-order valence-corrected chi connectivity index (χ1v) is 5.36. The summed E-state index contributed by atoms with van der Waals surface area (Å²) in [6, 6.07) is 0.264. The summed E-state index contributed by atoms with van der Waals surface area (Å²) < 4.78 is 11.6. The minimum absolute atomic E-state index is 0.0255. The molecular weight excluding hydrogens is 182 g/mol. The van der Waals surface area contributed by atoms with Gasteiger partial charge in [-0.3, -0.25) is 5.32 Å². The van der Waals surface area contributed by atoms with Crippen molar-refractivity contribution in [2.75, 3.05) is 0 Å². The zero-order valence-corrected chi connectivity index (χ0v) is 8.62. The van der Waals surface area contributed by atoms with Crippen molar-refractivity contribution < 1.29 is 14.6 Å². The van der Waals surface area contributed by atoms with E-state index in [1.807, 2.05) is 13.8 Å². The summed E-state index contributed by atoms with van der Waals surface area (Å²) >= 11 is 0. The van der Waals surface area contributed by atoms with Crippen LogP contribution < -0.4 is 5.32 Å². The summed E-state index contributed by atoms with van der Waals surface area (Å²) in [5, 5.41) is 13.5. The molecule has 4 nitrogen and oxygen atoms in total. The standard InChI is InChI=1S/C10H17NO3/c1-9(2)13-7-6-4-3-5-10(12,11-6)8(7)14-9/h6-8,11-12H,3-5H2,1-2H3. The lowest BCUT2D eigenvalue weighted by atomic mass is 10.0. The van der Waals surface area contributed by atoms with E-state index >= 15 is 0 Å². The average Bonchev–Trinajstić information content (AvgIpc) is 2.49. The van der Waals surface area contributed by atoms with Crippen LogP contribution in [0.5, 0.6) is 0 Å². The molecular formula is C10H17NO3. The predicted octanol–water partition coefficient (Wildman–Crippen LogP) is 0.351. The molecule has 2 N–H and O–H groups in total. The fourth-order valence-electron chi connectivity index (χ4n) is 2.98. The van der Waals surface area contributed by atoms with Gasteiger partial charge in [0.25, 0.3) is 0 Å². The second-order valence-electron chi connectivity index (χ2n) is 5.09. The number of hydrogen-bond donors (Lipinski definition) is 2. The Morgan fingerprint density at radius 3 is 2.93 bits per heavy atom. The Kier molecular flexibility index (Phi) is 1.62. The quantitative estimate of drug-likeness (QED) is 0.591. The third-order valence-corrected chi connectivity index (χ3v) is 3.50. The third kappa shape index (κ3) is 1.08. The summed E-state index contributed by atoms with van der Waals surface area (Å²) in [6.45, 7) is 3.81. The topological polar surface area (TPSA) is 50.7 Å². The molecule has 0 radical (unpaired) electrons. The molecule has 3 aliphatic heterocycles. The van der Waals surface area contributed by atoms with Crippen LogP contribution in [0.3, 0.4) is 0 Å². The third-order valence-electron chi connectivity index (χ3n) is 3.50. The van der Waals surface area contributed by atoms with Crippen molar-refractivity contribution in [2.45, 2.75) is 62.9 Å². The molecule has 0 aromatic carbocycles. The predicted molar refractivity (Wildman–Crippen MR) is 49.5 cm³/mol. The highest BCUT2D eigenvalue weighted by atomic mass is 16.8. The fraction of sp³-hybridized carbons (Fsp3) is 1.00. The van der Waals surface area contributed by atoms with Crippen molar-refractivity contribution in [2.24, 2.45) is 0 Å². The Labute approximate surface area is 83.6 Å². The number of fused-ring (bicyclic) bond motifs is 5. The summed E-state index contributed by atoms with van der Waals surface area (Å²) in [5.41, 5.74) is -0.846. The maximum absolute atomic E-state index is 10.3. The summed E-state index contributed by atoms with van der Waals surface area (Å²) in [7, 11) is 0. The molecule has 80 valence electrons. The van der Waals surface area contributed by atoms with Gasteiger partial charge in [-0.25, -0.2) is 0 Å². The number of hydrogen-bond acceptors (Lipinski definition) is 4. The molecule has 14 heavy (non-hydrogen) atoms.